The van der Waals surface area contributed by atoms with Crippen molar-refractivity contribution >= 4 is 5.96 Å². The van der Waals surface area contributed by atoms with Crippen molar-refractivity contribution in [3.63, 3.8) is 0 Å². The summed E-state index contributed by atoms with van der Waals surface area (Å²) in [5, 5.41) is 0. The molecule has 1 fully saturated rings. The highest BCUT2D eigenvalue weighted by Crippen LogP contribution is 2.18. The van der Waals surface area contributed by atoms with Crippen molar-refractivity contribution in [3.8, 4) is 5.75 Å². The van der Waals surface area contributed by atoms with Crippen molar-refractivity contribution in [2.45, 2.75) is 32.9 Å². The van der Waals surface area contributed by atoms with Crippen LogP contribution >= 0.6 is 0 Å². The predicted molar refractivity (Wildman–Crippen MR) is 78.4 cm³/mol. The molecule has 0 atom stereocenters. The van der Waals surface area contributed by atoms with Gasteiger partial charge in [0, 0.05) is 13.1 Å². The van der Waals surface area contributed by atoms with Crippen molar-refractivity contribution in [2.75, 3.05) is 13.1 Å². The summed E-state index contributed by atoms with van der Waals surface area (Å²) >= 11 is 0. The third kappa shape index (κ3) is 4.88. The van der Waals surface area contributed by atoms with Crippen molar-refractivity contribution in [2.24, 2.45) is 16.6 Å². The van der Waals surface area contributed by atoms with Gasteiger partial charge in [-0.05, 0) is 36.5 Å². The lowest BCUT2D eigenvalue weighted by Gasteiger charge is -2.31. The van der Waals surface area contributed by atoms with Crippen LogP contribution in [0.15, 0.2) is 29.3 Å². The number of ether oxygens (including phenoxy) is 1. The van der Waals surface area contributed by atoms with E-state index in [0.717, 1.165) is 37.4 Å². The molecule has 1 aromatic rings. The smallest absolute Gasteiger partial charge is 0.387 e. The van der Waals surface area contributed by atoms with Crippen LogP contribution in [-0.2, 0) is 6.54 Å². The van der Waals surface area contributed by atoms with E-state index < -0.39 is 6.61 Å². The van der Waals surface area contributed by atoms with Crippen LogP contribution in [-0.4, -0.2) is 30.6 Å². The van der Waals surface area contributed by atoms with Crippen LogP contribution in [0.4, 0.5) is 8.78 Å². The Balaban J connectivity index is 1.93. The molecule has 0 aliphatic carbocycles. The number of nitrogens with zero attached hydrogens (tertiary/aromatic N) is 2. The normalized spacial score (nSPS) is 17.3. The zero-order chi connectivity index (χ0) is 15.2. The first-order chi connectivity index (χ1) is 10.0. The number of nitrogens with two attached hydrogens (primary N) is 1. The van der Waals surface area contributed by atoms with Crippen LogP contribution in [0.3, 0.4) is 0 Å². The van der Waals surface area contributed by atoms with E-state index in [2.05, 4.69) is 21.6 Å². The van der Waals surface area contributed by atoms with Gasteiger partial charge < -0.3 is 15.4 Å². The van der Waals surface area contributed by atoms with Crippen LogP contribution in [0.2, 0.25) is 0 Å². The number of benzene rings is 1. The molecule has 4 nitrogen and oxygen atoms in total. The molecular formula is C15H21F2N3O. The van der Waals surface area contributed by atoms with Crippen molar-refractivity contribution in [1.82, 2.24) is 4.90 Å². The summed E-state index contributed by atoms with van der Waals surface area (Å²) in [6, 6.07) is 6.53. The molecule has 0 unspecified atom stereocenters. The molecule has 2 N–H and O–H groups in total. The average molecular weight is 297 g/mol. The molecule has 0 radical (unpaired) electrons. The molecular weight excluding hydrogens is 276 g/mol. The lowest BCUT2D eigenvalue weighted by Crippen LogP contribution is -2.42. The van der Waals surface area contributed by atoms with Gasteiger partial charge in [-0.3, -0.25) is 0 Å². The molecule has 0 spiro atoms. The number of hydrogen-bond acceptors (Lipinski definition) is 2. The second-order valence-electron chi connectivity index (χ2n) is 5.37. The second kappa shape index (κ2) is 7.24. The SMILES string of the molecule is CC1CCN(C(N)=NCc2cccc(OC(F)F)c2)CC1. The van der Waals surface area contributed by atoms with E-state index in [-0.39, 0.29) is 5.75 Å². The molecule has 1 aromatic carbocycles. The van der Waals surface area contributed by atoms with Gasteiger partial charge in [0.1, 0.15) is 5.75 Å². The summed E-state index contributed by atoms with van der Waals surface area (Å²) in [5.74, 6) is 1.39. The Bertz CT molecular complexity index is 486. The number of alkyl halides is 2. The molecule has 0 bridgehead atoms. The molecule has 116 valence electrons. The van der Waals surface area contributed by atoms with Crippen molar-refractivity contribution in [3.05, 3.63) is 29.8 Å². The van der Waals surface area contributed by atoms with Gasteiger partial charge in [-0.25, -0.2) is 4.99 Å². The fourth-order valence-electron chi connectivity index (χ4n) is 2.33. The molecule has 0 amide bonds. The molecule has 0 aromatic heterocycles. The van der Waals surface area contributed by atoms with Crippen LogP contribution < -0.4 is 10.5 Å². The second-order valence-corrected chi connectivity index (χ2v) is 5.37. The summed E-state index contributed by atoms with van der Waals surface area (Å²) in [6.45, 7) is 1.62. The quantitative estimate of drug-likeness (QED) is 0.687. The van der Waals surface area contributed by atoms with Gasteiger partial charge in [-0.15, -0.1) is 0 Å². The lowest BCUT2D eigenvalue weighted by atomic mass is 10.00. The minimum atomic E-state index is -2.82. The van der Waals surface area contributed by atoms with E-state index in [0.29, 0.717) is 12.5 Å². The van der Waals surface area contributed by atoms with E-state index in [4.69, 9.17) is 5.73 Å². The Morgan fingerprint density at radius 2 is 2.14 bits per heavy atom. The average Bonchev–Trinajstić information content (AvgIpc) is 2.45. The predicted octanol–water partition coefficient (Wildman–Crippen LogP) is 2.83. The fourth-order valence-corrected chi connectivity index (χ4v) is 2.33. The highest BCUT2D eigenvalue weighted by atomic mass is 19.3. The first-order valence-corrected chi connectivity index (χ1v) is 7.13. The Kier molecular flexibility index (Phi) is 5.36. The minimum absolute atomic E-state index is 0.142. The number of guanidine groups is 1. The van der Waals surface area contributed by atoms with Crippen molar-refractivity contribution < 1.29 is 13.5 Å². The van der Waals surface area contributed by atoms with Gasteiger partial charge in [0.2, 0.25) is 0 Å². The lowest BCUT2D eigenvalue weighted by molar-refractivity contribution is -0.0498. The summed E-state index contributed by atoms with van der Waals surface area (Å²) < 4.78 is 28.7. The summed E-state index contributed by atoms with van der Waals surface area (Å²) in [4.78, 5) is 6.41. The van der Waals surface area contributed by atoms with E-state index in [1.54, 1.807) is 12.1 Å². The monoisotopic (exact) mass is 297 g/mol. The van der Waals surface area contributed by atoms with Crippen LogP contribution in [0.1, 0.15) is 25.3 Å². The first kappa shape index (κ1) is 15.5. The maximum Gasteiger partial charge on any atom is 0.387 e. The first-order valence-electron chi connectivity index (χ1n) is 7.13. The van der Waals surface area contributed by atoms with Crippen molar-refractivity contribution in [1.29, 1.82) is 0 Å². The molecule has 1 aliphatic rings. The third-order valence-electron chi connectivity index (χ3n) is 3.65. The summed E-state index contributed by atoms with van der Waals surface area (Å²) in [5.41, 5.74) is 6.78. The molecule has 21 heavy (non-hydrogen) atoms. The van der Waals surface area contributed by atoms with Gasteiger partial charge >= 0.3 is 6.61 Å². The van der Waals surface area contributed by atoms with E-state index in [1.165, 1.54) is 6.07 Å². The van der Waals surface area contributed by atoms with Crippen LogP contribution in [0.5, 0.6) is 5.75 Å². The van der Waals surface area contributed by atoms with Gasteiger partial charge in [0.05, 0.1) is 6.54 Å². The fraction of sp³-hybridized carbons (Fsp3) is 0.533. The van der Waals surface area contributed by atoms with E-state index >= 15 is 0 Å². The molecule has 1 heterocycles. The summed E-state index contributed by atoms with van der Waals surface area (Å²) in [7, 11) is 0. The number of rotatable bonds is 4. The third-order valence-corrected chi connectivity index (χ3v) is 3.65. The molecule has 1 aliphatic heterocycles. The maximum absolute atomic E-state index is 12.2. The summed E-state index contributed by atoms with van der Waals surface area (Å²) in [6.07, 6.45) is 2.24. The minimum Gasteiger partial charge on any atom is -0.435 e. The largest absolute Gasteiger partial charge is 0.435 e. The highest BCUT2D eigenvalue weighted by molar-refractivity contribution is 5.78. The van der Waals surface area contributed by atoms with E-state index in [1.807, 2.05) is 6.07 Å². The number of likely N-dealkylation sites (tertiary alicyclic amines) is 1. The Labute approximate surface area is 123 Å². The molecule has 2 rings (SSSR count). The number of piperidine rings is 1. The number of hydrogen-bond donors (Lipinski definition) is 1. The van der Waals surface area contributed by atoms with Crippen LogP contribution in [0.25, 0.3) is 0 Å². The highest BCUT2D eigenvalue weighted by Gasteiger charge is 2.16. The van der Waals surface area contributed by atoms with Gasteiger partial charge in [-0.2, -0.15) is 8.78 Å². The zero-order valence-corrected chi connectivity index (χ0v) is 12.1. The number of halogens is 2. The molecule has 0 saturated carbocycles. The topological polar surface area (TPSA) is 50.8 Å². The molecule has 6 heteroatoms. The number of aliphatic imine (C=N–C) groups is 1. The van der Waals surface area contributed by atoms with Gasteiger partial charge in [-0.1, -0.05) is 19.1 Å². The maximum atomic E-state index is 12.2. The Hall–Kier alpha value is -1.85. The Morgan fingerprint density at radius 1 is 1.43 bits per heavy atom. The van der Waals surface area contributed by atoms with Gasteiger partial charge in [0.15, 0.2) is 5.96 Å². The standard InChI is InChI=1S/C15H21F2N3O/c1-11-5-7-20(8-6-11)15(18)19-10-12-3-2-4-13(9-12)21-14(16)17/h2-4,9,11,14H,5-8,10H2,1H3,(H2,18,19). The zero-order valence-electron chi connectivity index (χ0n) is 12.1. The van der Waals surface area contributed by atoms with E-state index in [9.17, 15) is 8.78 Å². The van der Waals surface area contributed by atoms with Gasteiger partial charge in [0.25, 0.3) is 0 Å². The molecule has 1 saturated heterocycles. The van der Waals surface area contributed by atoms with Crippen LogP contribution in [0, 0.1) is 5.92 Å². The Morgan fingerprint density at radius 3 is 2.81 bits per heavy atom.